The molecule has 0 aliphatic carbocycles. The van der Waals surface area contributed by atoms with Crippen molar-refractivity contribution in [3.8, 4) is 0 Å². The normalized spacial score (nSPS) is 10.0. The van der Waals surface area contributed by atoms with E-state index < -0.39 is 0 Å². The van der Waals surface area contributed by atoms with E-state index in [0.717, 1.165) is 0 Å². The Morgan fingerprint density at radius 3 is 2.87 bits per heavy atom. The molecule has 0 fully saturated rings. The number of carbonyl (C=O) groups excluding carboxylic acids is 1. The first-order valence-corrected chi connectivity index (χ1v) is 4.59. The molecule has 1 heterocycles. The molecule has 0 spiro atoms. The standard InChI is InChI=1S/C10H14N2O3/c1-12(6-7-15-2)10(14)8-4-3-5-9(13)11-8/h3-5H,6-7H2,1-2H3,(H,11,13). The second kappa shape index (κ2) is 5.31. The highest BCUT2D eigenvalue weighted by atomic mass is 16.5. The first kappa shape index (κ1) is 11.5. The number of ether oxygens (including phenoxy) is 1. The quantitative estimate of drug-likeness (QED) is 0.766. The van der Waals surface area contributed by atoms with Crippen molar-refractivity contribution in [3.63, 3.8) is 0 Å². The summed E-state index contributed by atoms with van der Waals surface area (Å²) in [5, 5.41) is 0. The minimum absolute atomic E-state index is 0.218. The Morgan fingerprint density at radius 1 is 1.53 bits per heavy atom. The van der Waals surface area contributed by atoms with Crippen LogP contribution in [0.5, 0.6) is 0 Å². The summed E-state index contributed by atoms with van der Waals surface area (Å²) in [4.78, 5) is 26.7. The van der Waals surface area contributed by atoms with Crippen molar-refractivity contribution in [2.24, 2.45) is 0 Å². The van der Waals surface area contributed by atoms with Gasteiger partial charge in [-0.15, -0.1) is 0 Å². The van der Waals surface area contributed by atoms with Crippen molar-refractivity contribution in [3.05, 3.63) is 34.2 Å². The minimum Gasteiger partial charge on any atom is -0.383 e. The molecular formula is C10H14N2O3. The zero-order chi connectivity index (χ0) is 11.3. The fourth-order valence-corrected chi connectivity index (χ4v) is 1.11. The molecule has 0 aromatic carbocycles. The molecule has 5 nitrogen and oxygen atoms in total. The molecule has 15 heavy (non-hydrogen) atoms. The summed E-state index contributed by atoms with van der Waals surface area (Å²) < 4.78 is 4.86. The molecule has 0 aliphatic rings. The van der Waals surface area contributed by atoms with Crippen LogP contribution in [0, 0.1) is 0 Å². The third kappa shape index (κ3) is 3.21. The van der Waals surface area contributed by atoms with Crippen molar-refractivity contribution >= 4 is 5.91 Å². The van der Waals surface area contributed by atoms with Gasteiger partial charge in [-0.25, -0.2) is 0 Å². The molecule has 0 saturated heterocycles. The number of rotatable bonds is 4. The van der Waals surface area contributed by atoms with Crippen molar-refractivity contribution in [1.82, 2.24) is 9.88 Å². The number of pyridine rings is 1. The molecule has 1 rings (SSSR count). The summed E-state index contributed by atoms with van der Waals surface area (Å²) in [6.45, 7) is 0.964. The van der Waals surface area contributed by atoms with Crippen molar-refractivity contribution in [1.29, 1.82) is 0 Å². The van der Waals surface area contributed by atoms with Crippen LogP contribution < -0.4 is 5.56 Å². The monoisotopic (exact) mass is 210 g/mol. The van der Waals surface area contributed by atoms with Crippen LogP contribution in [-0.4, -0.2) is 43.1 Å². The molecule has 0 saturated carbocycles. The summed E-state index contributed by atoms with van der Waals surface area (Å²) in [6, 6.07) is 4.50. The first-order valence-electron chi connectivity index (χ1n) is 4.59. The van der Waals surface area contributed by atoms with Gasteiger partial charge in [0.1, 0.15) is 5.69 Å². The van der Waals surface area contributed by atoms with Crippen LogP contribution in [0.25, 0.3) is 0 Å². The van der Waals surface area contributed by atoms with E-state index in [2.05, 4.69) is 4.98 Å². The summed E-state index contributed by atoms with van der Waals surface area (Å²) in [5.41, 5.74) is 0.0158. The third-order valence-electron chi connectivity index (χ3n) is 1.98. The number of amides is 1. The van der Waals surface area contributed by atoms with Crippen LogP contribution in [0.2, 0.25) is 0 Å². The summed E-state index contributed by atoms with van der Waals surface area (Å²) >= 11 is 0. The highest BCUT2D eigenvalue weighted by molar-refractivity contribution is 5.91. The van der Waals surface area contributed by atoms with Crippen molar-refractivity contribution < 1.29 is 9.53 Å². The van der Waals surface area contributed by atoms with Crippen molar-refractivity contribution in [2.45, 2.75) is 0 Å². The lowest BCUT2D eigenvalue weighted by Gasteiger charge is -2.15. The van der Waals surface area contributed by atoms with E-state index in [9.17, 15) is 9.59 Å². The largest absolute Gasteiger partial charge is 0.383 e. The Bertz CT molecular complexity index is 386. The van der Waals surface area contributed by atoms with Crippen LogP contribution in [0.1, 0.15) is 10.5 Å². The summed E-state index contributed by atoms with van der Waals surface area (Å²) in [5.74, 6) is -0.218. The van der Waals surface area contributed by atoms with Gasteiger partial charge in [0.15, 0.2) is 0 Å². The zero-order valence-corrected chi connectivity index (χ0v) is 8.82. The minimum atomic E-state index is -0.277. The number of hydrogen-bond donors (Lipinski definition) is 1. The summed E-state index contributed by atoms with van der Waals surface area (Å²) in [6.07, 6.45) is 0. The van der Waals surface area contributed by atoms with Gasteiger partial charge in [0.05, 0.1) is 6.61 Å². The average Bonchev–Trinajstić information content (AvgIpc) is 2.24. The van der Waals surface area contributed by atoms with Gasteiger partial charge in [-0.1, -0.05) is 6.07 Å². The van der Waals surface area contributed by atoms with Gasteiger partial charge in [0.25, 0.3) is 5.91 Å². The van der Waals surface area contributed by atoms with E-state index in [-0.39, 0.29) is 11.5 Å². The second-order valence-electron chi connectivity index (χ2n) is 3.15. The Kier molecular flexibility index (Phi) is 4.05. The van der Waals surface area contributed by atoms with Gasteiger partial charge in [-0.05, 0) is 6.07 Å². The van der Waals surface area contributed by atoms with Gasteiger partial charge in [0.2, 0.25) is 5.56 Å². The van der Waals surface area contributed by atoms with Gasteiger partial charge in [-0.3, -0.25) is 9.59 Å². The Balaban J connectivity index is 2.72. The lowest BCUT2D eigenvalue weighted by molar-refractivity contribution is 0.0738. The average molecular weight is 210 g/mol. The molecule has 1 aromatic rings. The van der Waals surface area contributed by atoms with E-state index in [1.165, 1.54) is 11.0 Å². The van der Waals surface area contributed by atoms with Crippen LogP contribution in [0.4, 0.5) is 0 Å². The maximum absolute atomic E-state index is 11.7. The number of hydrogen-bond acceptors (Lipinski definition) is 3. The smallest absolute Gasteiger partial charge is 0.270 e. The Morgan fingerprint density at radius 2 is 2.27 bits per heavy atom. The van der Waals surface area contributed by atoms with E-state index in [1.54, 1.807) is 26.3 Å². The van der Waals surface area contributed by atoms with E-state index in [1.807, 2.05) is 0 Å². The summed E-state index contributed by atoms with van der Waals surface area (Å²) in [7, 11) is 3.23. The van der Waals surface area contributed by atoms with Gasteiger partial charge in [0, 0.05) is 26.8 Å². The predicted molar refractivity (Wildman–Crippen MR) is 55.9 cm³/mol. The molecule has 82 valence electrons. The number of likely N-dealkylation sites (N-methyl/N-ethyl adjacent to an activating group) is 1. The van der Waals surface area contributed by atoms with Crippen LogP contribution >= 0.6 is 0 Å². The molecular weight excluding hydrogens is 196 g/mol. The number of nitrogens with one attached hydrogen (secondary N) is 1. The molecule has 1 aromatic heterocycles. The van der Waals surface area contributed by atoms with Crippen LogP contribution in [0.15, 0.2) is 23.0 Å². The molecule has 1 N–H and O–H groups in total. The first-order chi connectivity index (χ1) is 7.15. The fourth-order valence-electron chi connectivity index (χ4n) is 1.11. The third-order valence-corrected chi connectivity index (χ3v) is 1.98. The highest BCUT2D eigenvalue weighted by Crippen LogP contribution is 1.96. The molecule has 0 unspecified atom stereocenters. The SMILES string of the molecule is COCCN(C)C(=O)c1cccc(=O)[nH]1. The maximum Gasteiger partial charge on any atom is 0.270 e. The molecule has 1 amide bonds. The van der Waals surface area contributed by atoms with Crippen molar-refractivity contribution in [2.75, 3.05) is 27.3 Å². The second-order valence-corrected chi connectivity index (χ2v) is 3.15. The maximum atomic E-state index is 11.7. The van der Waals surface area contributed by atoms with E-state index in [0.29, 0.717) is 18.8 Å². The molecule has 5 heteroatoms. The van der Waals surface area contributed by atoms with Crippen LogP contribution in [0.3, 0.4) is 0 Å². The highest BCUT2D eigenvalue weighted by Gasteiger charge is 2.11. The molecule has 0 aliphatic heterocycles. The molecule has 0 bridgehead atoms. The van der Waals surface area contributed by atoms with Crippen LogP contribution in [-0.2, 0) is 4.74 Å². The number of carbonyl (C=O) groups is 1. The zero-order valence-electron chi connectivity index (χ0n) is 8.82. The Labute approximate surface area is 87.7 Å². The fraction of sp³-hybridized carbons (Fsp3) is 0.400. The molecule has 0 radical (unpaired) electrons. The molecule has 0 atom stereocenters. The number of aromatic amines is 1. The number of nitrogens with zero attached hydrogens (tertiary/aromatic N) is 1. The van der Waals surface area contributed by atoms with E-state index in [4.69, 9.17) is 4.74 Å². The Hall–Kier alpha value is -1.62. The van der Waals surface area contributed by atoms with E-state index >= 15 is 0 Å². The van der Waals surface area contributed by atoms with Gasteiger partial charge in [-0.2, -0.15) is 0 Å². The topological polar surface area (TPSA) is 62.4 Å². The predicted octanol–water partition coefficient (Wildman–Crippen LogP) is 0.0933. The lowest BCUT2D eigenvalue weighted by Crippen LogP contribution is -2.31. The number of aromatic nitrogens is 1. The lowest BCUT2D eigenvalue weighted by atomic mass is 10.3. The van der Waals surface area contributed by atoms with Gasteiger partial charge < -0.3 is 14.6 Å². The number of H-pyrrole nitrogens is 1. The number of methoxy groups -OCH3 is 1. The van der Waals surface area contributed by atoms with Gasteiger partial charge >= 0.3 is 0 Å².